The van der Waals surface area contributed by atoms with Gasteiger partial charge >= 0.3 is 6.03 Å². The highest BCUT2D eigenvalue weighted by Gasteiger charge is 2.28. The molecule has 0 saturated heterocycles. The summed E-state index contributed by atoms with van der Waals surface area (Å²) in [6.45, 7) is 1.72. The largest absolute Gasteiger partial charge is 0.347 e. The molecule has 0 aliphatic heterocycles. The molecule has 1 atom stereocenters. The molecule has 5 heteroatoms. The molecule has 1 N–H and O–H groups in total. The van der Waals surface area contributed by atoms with Gasteiger partial charge in [-0.3, -0.25) is 4.79 Å². The van der Waals surface area contributed by atoms with Crippen LogP contribution in [-0.4, -0.2) is 55.0 Å². The van der Waals surface area contributed by atoms with Gasteiger partial charge in [-0.15, -0.1) is 0 Å². The van der Waals surface area contributed by atoms with Gasteiger partial charge in [0, 0.05) is 27.2 Å². The van der Waals surface area contributed by atoms with E-state index in [-0.39, 0.29) is 18.0 Å². The van der Waals surface area contributed by atoms with Crippen molar-refractivity contribution in [3.05, 3.63) is 35.9 Å². The number of carbonyl (C=O) groups is 2. The third-order valence-electron chi connectivity index (χ3n) is 4.99. The lowest BCUT2D eigenvalue weighted by molar-refractivity contribution is -0.130. The Morgan fingerprint density at radius 2 is 1.62 bits per heavy atom. The molecule has 2 rings (SSSR count). The second-order valence-corrected chi connectivity index (χ2v) is 6.93. The number of nitrogens with one attached hydrogen (secondary N) is 1. The van der Waals surface area contributed by atoms with E-state index in [4.69, 9.17) is 0 Å². The molecule has 1 aliphatic rings. The molecule has 5 nitrogen and oxygen atoms in total. The summed E-state index contributed by atoms with van der Waals surface area (Å²) in [6.07, 6.45) is 4.19. The van der Waals surface area contributed by atoms with Crippen LogP contribution in [0.2, 0.25) is 0 Å². The average molecular weight is 331 g/mol. The van der Waals surface area contributed by atoms with Crippen LogP contribution in [0.3, 0.4) is 0 Å². The minimum atomic E-state index is -0.504. The first kappa shape index (κ1) is 18.3. The highest BCUT2D eigenvalue weighted by molar-refractivity contribution is 5.86. The second kappa shape index (κ2) is 8.18. The summed E-state index contributed by atoms with van der Waals surface area (Å²) in [7, 11) is 5.22. The first-order valence-electron chi connectivity index (χ1n) is 8.69. The van der Waals surface area contributed by atoms with Crippen molar-refractivity contribution in [2.75, 3.05) is 21.1 Å². The number of amides is 3. The molecule has 1 aromatic carbocycles. The van der Waals surface area contributed by atoms with Gasteiger partial charge in [0.2, 0.25) is 5.91 Å². The zero-order valence-electron chi connectivity index (χ0n) is 15.2. The van der Waals surface area contributed by atoms with Crippen LogP contribution in [0.5, 0.6) is 0 Å². The first-order chi connectivity index (χ1) is 11.4. The van der Waals surface area contributed by atoms with Gasteiger partial charge in [-0.25, -0.2) is 4.79 Å². The van der Waals surface area contributed by atoms with Gasteiger partial charge in [-0.05, 0) is 44.1 Å². The van der Waals surface area contributed by atoms with Crippen LogP contribution in [0.1, 0.15) is 44.1 Å². The predicted molar refractivity (Wildman–Crippen MR) is 95.9 cm³/mol. The predicted octanol–water partition coefficient (Wildman–Crippen LogP) is 2.83. The van der Waals surface area contributed by atoms with Crippen LogP contribution in [0.25, 0.3) is 0 Å². The molecule has 132 valence electrons. The molecule has 0 spiro atoms. The van der Waals surface area contributed by atoms with E-state index in [0.29, 0.717) is 5.92 Å². The van der Waals surface area contributed by atoms with Gasteiger partial charge in [0.1, 0.15) is 6.04 Å². The van der Waals surface area contributed by atoms with Crippen LogP contribution in [0.4, 0.5) is 4.79 Å². The lowest BCUT2D eigenvalue weighted by atomic mass is 9.81. The highest BCUT2D eigenvalue weighted by atomic mass is 16.2. The fraction of sp³-hybridized carbons (Fsp3) is 0.579. The molecule has 1 aromatic rings. The number of hydrogen-bond donors (Lipinski definition) is 1. The SMILES string of the molecule is C[C@H](NC(=O)N(C)C1CCC(c2ccccc2)CC1)C(=O)N(C)C. The van der Waals surface area contributed by atoms with E-state index >= 15 is 0 Å². The normalized spacial score (nSPS) is 21.7. The van der Waals surface area contributed by atoms with Crippen molar-refractivity contribution in [3.63, 3.8) is 0 Å². The van der Waals surface area contributed by atoms with Gasteiger partial charge in [0.05, 0.1) is 0 Å². The standard InChI is InChI=1S/C19H29N3O2/c1-14(18(23)21(2)3)20-19(24)22(4)17-12-10-16(11-13-17)15-8-6-5-7-9-15/h5-9,14,16-17H,10-13H2,1-4H3,(H,20,24)/t14-,16?,17?/m0/s1. The molecular formula is C19H29N3O2. The van der Waals surface area contributed by atoms with Crippen molar-refractivity contribution in [1.82, 2.24) is 15.1 Å². The summed E-state index contributed by atoms with van der Waals surface area (Å²) in [4.78, 5) is 27.5. The molecule has 0 heterocycles. The lowest BCUT2D eigenvalue weighted by Crippen LogP contribution is -2.51. The Morgan fingerprint density at radius 1 is 1.04 bits per heavy atom. The minimum absolute atomic E-state index is 0.0930. The van der Waals surface area contributed by atoms with E-state index in [0.717, 1.165) is 25.7 Å². The molecule has 0 bridgehead atoms. The number of hydrogen-bond acceptors (Lipinski definition) is 2. The quantitative estimate of drug-likeness (QED) is 0.922. The molecule has 1 fully saturated rings. The van der Waals surface area contributed by atoms with E-state index in [2.05, 4.69) is 29.6 Å². The van der Waals surface area contributed by atoms with Crippen molar-refractivity contribution < 1.29 is 9.59 Å². The molecule has 0 radical (unpaired) electrons. The van der Waals surface area contributed by atoms with Crippen molar-refractivity contribution in [2.24, 2.45) is 0 Å². The number of benzene rings is 1. The van der Waals surface area contributed by atoms with Crippen LogP contribution in [-0.2, 0) is 4.79 Å². The number of urea groups is 1. The van der Waals surface area contributed by atoms with Crippen molar-refractivity contribution in [3.8, 4) is 0 Å². The van der Waals surface area contributed by atoms with E-state index in [1.165, 1.54) is 10.5 Å². The maximum atomic E-state index is 12.4. The maximum absolute atomic E-state index is 12.4. The summed E-state index contributed by atoms with van der Waals surface area (Å²) in [6, 6.07) is 10.2. The van der Waals surface area contributed by atoms with E-state index < -0.39 is 6.04 Å². The van der Waals surface area contributed by atoms with E-state index in [1.54, 1.807) is 25.9 Å². The lowest BCUT2D eigenvalue weighted by Gasteiger charge is -2.35. The molecular weight excluding hydrogens is 302 g/mol. The Balaban J connectivity index is 1.85. The van der Waals surface area contributed by atoms with Crippen LogP contribution in [0.15, 0.2) is 30.3 Å². The Bertz CT molecular complexity index is 551. The minimum Gasteiger partial charge on any atom is -0.347 e. The third-order valence-corrected chi connectivity index (χ3v) is 4.99. The number of rotatable bonds is 4. The molecule has 24 heavy (non-hydrogen) atoms. The Hall–Kier alpha value is -2.04. The molecule has 1 aliphatic carbocycles. The summed E-state index contributed by atoms with van der Waals surface area (Å²) < 4.78 is 0. The highest BCUT2D eigenvalue weighted by Crippen LogP contribution is 2.34. The van der Waals surface area contributed by atoms with Gasteiger partial charge in [0.25, 0.3) is 0 Å². The van der Waals surface area contributed by atoms with Crippen LogP contribution in [0, 0.1) is 0 Å². The number of likely N-dealkylation sites (N-methyl/N-ethyl adjacent to an activating group) is 1. The fourth-order valence-corrected chi connectivity index (χ4v) is 3.42. The zero-order valence-corrected chi connectivity index (χ0v) is 15.2. The van der Waals surface area contributed by atoms with Gasteiger partial charge in [-0.2, -0.15) is 0 Å². The molecule has 3 amide bonds. The molecule has 0 aromatic heterocycles. The number of nitrogens with zero attached hydrogens (tertiary/aromatic N) is 2. The summed E-state index contributed by atoms with van der Waals surface area (Å²) in [5.74, 6) is 0.498. The monoisotopic (exact) mass is 331 g/mol. The number of carbonyl (C=O) groups excluding carboxylic acids is 2. The van der Waals surface area contributed by atoms with Gasteiger partial charge in [0.15, 0.2) is 0 Å². The van der Waals surface area contributed by atoms with Gasteiger partial charge < -0.3 is 15.1 Å². The van der Waals surface area contributed by atoms with Crippen molar-refractivity contribution in [1.29, 1.82) is 0 Å². The summed E-state index contributed by atoms with van der Waals surface area (Å²) in [5.41, 5.74) is 1.40. The fourth-order valence-electron chi connectivity index (χ4n) is 3.42. The zero-order chi connectivity index (χ0) is 17.7. The smallest absolute Gasteiger partial charge is 0.318 e. The Morgan fingerprint density at radius 3 is 2.17 bits per heavy atom. The van der Waals surface area contributed by atoms with E-state index in [1.807, 2.05) is 13.1 Å². The third kappa shape index (κ3) is 4.49. The molecule has 0 unspecified atom stereocenters. The summed E-state index contributed by atoms with van der Waals surface area (Å²) >= 11 is 0. The van der Waals surface area contributed by atoms with Crippen LogP contribution >= 0.6 is 0 Å². The second-order valence-electron chi connectivity index (χ2n) is 6.93. The van der Waals surface area contributed by atoms with E-state index in [9.17, 15) is 9.59 Å². The van der Waals surface area contributed by atoms with Crippen molar-refractivity contribution >= 4 is 11.9 Å². The van der Waals surface area contributed by atoms with Gasteiger partial charge in [-0.1, -0.05) is 30.3 Å². The Kier molecular flexibility index (Phi) is 6.23. The average Bonchev–Trinajstić information content (AvgIpc) is 2.61. The van der Waals surface area contributed by atoms with Crippen LogP contribution < -0.4 is 5.32 Å². The molecule has 1 saturated carbocycles. The maximum Gasteiger partial charge on any atom is 0.318 e. The topological polar surface area (TPSA) is 52.7 Å². The first-order valence-corrected chi connectivity index (χ1v) is 8.69. The Labute approximate surface area is 145 Å². The van der Waals surface area contributed by atoms with Crippen molar-refractivity contribution in [2.45, 2.75) is 50.6 Å². The summed E-state index contributed by atoms with van der Waals surface area (Å²) in [5, 5.41) is 2.80.